The highest BCUT2D eigenvalue weighted by Gasteiger charge is 2.15. The molecule has 118 valence electrons. The highest BCUT2D eigenvalue weighted by atomic mass is 32.2. The van der Waals surface area contributed by atoms with Gasteiger partial charge in [-0.05, 0) is 20.2 Å². The van der Waals surface area contributed by atoms with Crippen LogP contribution in [0.1, 0.15) is 5.56 Å². The summed E-state index contributed by atoms with van der Waals surface area (Å²) in [6, 6.07) is 8.04. The van der Waals surface area contributed by atoms with Gasteiger partial charge in [-0.2, -0.15) is 11.8 Å². The van der Waals surface area contributed by atoms with E-state index in [1.54, 1.807) is 0 Å². The molecule has 0 saturated carbocycles. The Morgan fingerprint density at radius 3 is 2.71 bits per heavy atom. The van der Waals surface area contributed by atoms with Gasteiger partial charge in [0.25, 0.3) is 0 Å². The lowest BCUT2D eigenvalue weighted by Crippen LogP contribution is -2.40. The maximum Gasteiger partial charge on any atom is 0.123 e. The van der Waals surface area contributed by atoms with E-state index in [9.17, 15) is 5.11 Å². The van der Waals surface area contributed by atoms with Crippen LogP contribution in [0.5, 0.6) is 5.75 Å². The fourth-order valence-corrected chi connectivity index (χ4v) is 3.42. The molecule has 5 heteroatoms. The van der Waals surface area contributed by atoms with Gasteiger partial charge >= 0.3 is 0 Å². The summed E-state index contributed by atoms with van der Waals surface area (Å²) in [4.78, 5) is 4.43. The Morgan fingerprint density at radius 1 is 1.29 bits per heavy atom. The SMILES string of the molecule is CN(C)Cc1ccccc1OC[C@@H](O)CN1CCSCC1. The summed E-state index contributed by atoms with van der Waals surface area (Å²) >= 11 is 1.98. The predicted molar refractivity (Wildman–Crippen MR) is 89.1 cm³/mol. The molecular formula is C16H26N2O2S. The fourth-order valence-electron chi connectivity index (χ4n) is 2.44. The average Bonchev–Trinajstić information content (AvgIpc) is 2.47. The molecule has 1 aromatic rings. The third-order valence-corrected chi connectivity index (χ3v) is 4.41. The maximum absolute atomic E-state index is 10.2. The molecule has 0 amide bonds. The number of nitrogens with zero attached hydrogens (tertiary/aromatic N) is 2. The molecule has 1 aromatic carbocycles. The summed E-state index contributed by atoms with van der Waals surface area (Å²) in [5, 5.41) is 10.2. The van der Waals surface area contributed by atoms with Crippen molar-refractivity contribution >= 4 is 11.8 Å². The van der Waals surface area contributed by atoms with Crippen molar-refractivity contribution in [1.29, 1.82) is 0 Å². The van der Waals surface area contributed by atoms with Crippen molar-refractivity contribution in [3.05, 3.63) is 29.8 Å². The van der Waals surface area contributed by atoms with E-state index in [1.807, 2.05) is 44.1 Å². The van der Waals surface area contributed by atoms with Gasteiger partial charge in [-0.3, -0.25) is 4.90 Å². The molecule has 1 N–H and O–H groups in total. The number of para-hydroxylation sites is 1. The molecule has 1 aliphatic rings. The largest absolute Gasteiger partial charge is 0.491 e. The summed E-state index contributed by atoms with van der Waals surface area (Å²) < 4.78 is 5.83. The van der Waals surface area contributed by atoms with E-state index in [-0.39, 0.29) is 0 Å². The van der Waals surface area contributed by atoms with E-state index in [2.05, 4.69) is 15.9 Å². The summed E-state index contributed by atoms with van der Waals surface area (Å²) in [6.07, 6.45) is -0.430. The Kier molecular flexibility index (Phi) is 6.83. The number of ether oxygens (including phenoxy) is 1. The zero-order valence-electron chi connectivity index (χ0n) is 13.0. The molecule has 21 heavy (non-hydrogen) atoms. The zero-order chi connectivity index (χ0) is 15.1. The summed E-state index contributed by atoms with van der Waals surface area (Å²) in [6.45, 7) is 4.04. The Balaban J connectivity index is 1.81. The van der Waals surface area contributed by atoms with E-state index >= 15 is 0 Å². The van der Waals surface area contributed by atoms with Crippen LogP contribution in [0.2, 0.25) is 0 Å². The lowest BCUT2D eigenvalue weighted by atomic mass is 10.2. The van der Waals surface area contributed by atoms with E-state index < -0.39 is 6.10 Å². The van der Waals surface area contributed by atoms with Crippen molar-refractivity contribution in [3.63, 3.8) is 0 Å². The molecule has 0 bridgehead atoms. The van der Waals surface area contributed by atoms with E-state index in [1.165, 1.54) is 11.5 Å². The van der Waals surface area contributed by atoms with Gasteiger partial charge in [-0.1, -0.05) is 18.2 Å². The molecule has 0 aliphatic carbocycles. The summed E-state index contributed by atoms with van der Waals surface area (Å²) in [5.41, 5.74) is 1.16. The van der Waals surface area contributed by atoms with Gasteiger partial charge in [0.2, 0.25) is 0 Å². The minimum Gasteiger partial charge on any atom is -0.491 e. The number of hydrogen-bond acceptors (Lipinski definition) is 5. The molecule has 0 radical (unpaired) electrons. The minimum atomic E-state index is -0.430. The van der Waals surface area contributed by atoms with Crippen molar-refractivity contribution in [2.45, 2.75) is 12.6 Å². The number of hydrogen-bond donors (Lipinski definition) is 1. The topological polar surface area (TPSA) is 35.9 Å². The molecule has 0 spiro atoms. The molecule has 0 aromatic heterocycles. The Bertz CT molecular complexity index is 422. The number of aliphatic hydroxyl groups is 1. The molecule has 2 rings (SSSR count). The van der Waals surface area contributed by atoms with Crippen LogP contribution in [0.3, 0.4) is 0 Å². The number of rotatable bonds is 7. The minimum absolute atomic E-state index is 0.355. The molecule has 4 nitrogen and oxygen atoms in total. The number of β-amino-alcohol motifs (C(OH)–C–C–N with tert-alkyl or cyclic N) is 1. The molecule has 0 unspecified atom stereocenters. The predicted octanol–water partition coefficient (Wildman–Crippen LogP) is 1.54. The smallest absolute Gasteiger partial charge is 0.123 e. The van der Waals surface area contributed by atoms with Crippen LogP contribution in [-0.2, 0) is 6.54 Å². The summed E-state index contributed by atoms with van der Waals surface area (Å²) in [5.74, 6) is 3.21. The van der Waals surface area contributed by atoms with Crippen molar-refractivity contribution < 1.29 is 9.84 Å². The van der Waals surface area contributed by atoms with Crippen LogP contribution >= 0.6 is 11.8 Å². The van der Waals surface area contributed by atoms with Gasteiger partial charge in [-0.25, -0.2) is 0 Å². The van der Waals surface area contributed by atoms with Gasteiger partial charge in [0.1, 0.15) is 18.5 Å². The standard InChI is InChI=1S/C16H26N2O2S/c1-17(2)11-14-5-3-4-6-16(14)20-13-15(19)12-18-7-9-21-10-8-18/h3-6,15,19H,7-13H2,1-2H3/t15-/m0/s1. The van der Waals surface area contributed by atoms with Crippen LogP contribution in [0, 0.1) is 0 Å². The van der Waals surface area contributed by atoms with Crippen LogP contribution in [0.15, 0.2) is 24.3 Å². The lowest BCUT2D eigenvalue weighted by molar-refractivity contribution is 0.0710. The van der Waals surface area contributed by atoms with E-state index in [0.29, 0.717) is 13.2 Å². The molecular weight excluding hydrogens is 284 g/mol. The summed E-state index contributed by atoms with van der Waals surface area (Å²) in [7, 11) is 4.08. The quantitative estimate of drug-likeness (QED) is 0.826. The first kappa shape index (κ1) is 16.6. The molecule has 1 aliphatic heterocycles. The van der Waals surface area contributed by atoms with E-state index in [0.717, 1.165) is 30.9 Å². The number of benzene rings is 1. The zero-order valence-corrected chi connectivity index (χ0v) is 13.8. The van der Waals surface area contributed by atoms with Gasteiger partial charge in [0.15, 0.2) is 0 Å². The second-order valence-electron chi connectivity index (χ2n) is 5.72. The first-order valence-corrected chi connectivity index (χ1v) is 8.64. The second-order valence-corrected chi connectivity index (χ2v) is 6.95. The lowest BCUT2D eigenvalue weighted by Gasteiger charge is -2.28. The second kappa shape index (κ2) is 8.63. The average molecular weight is 310 g/mol. The third-order valence-electron chi connectivity index (χ3n) is 3.46. The van der Waals surface area contributed by atoms with Crippen molar-refractivity contribution in [1.82, 2.24) is 9.80 Å². The Labute approximate surface area is 132 Å². The van der Waals surface area contributed by atoms with Crippen LogP contribution in [0.25, 0.3) is 0 Å². The molecule has 1 fully saturated rings. The maximum atomic E-state index is 10.2. The first-order valence-electron chi connectivity index (χ1n) is 7.49. The first-order chi connectivity index (χ1) is 10.1. The highest BCUT2D eigenvalue weighted by molar-refractivity contribution is 7.99. The van der Waals surface area contributed by atoms with Crippen molar-refractivity contribution in [2.75, 3.05) is 51.8 Å². The van der Waals surface area contributed by atoms with Crippen molar-refractivity contribution in [3.8, 4) is 5.75 Å². The van der Waals surface area contributed by atoms with Gasteiger partial charge in [-0.15, -0.1) is 0 Å². The number of thioether (sulfide) groups is 1. The van der Waals surface area contributed by atoms with Gasteiger partial charge < -0.3 is 14.7 Å². The normalized spacial score (nSPS) is 17.9. The third kappa shape index (κ3) is 5.87. The number of aliphatic hydroxyl groups excluding tert-OH is 1. The van der Waals surface area contributed by atoms with Crippen LogP contribution in [0.4, 0.5) is 0 Å². The van der Waals surface area contributed by atoms with E-state index in [4.69, 9.17) is 4.74 Å². The Hall–Kier alpha value is -0.750. The molecule has 1 atom stereocenters. The van der Waals surface area contributed by atoms with Gasteiger partial charge in [0.05, 0.1) is 0 Å². The van der Waals surface area contributed by atoms with Crippen LogP contribution in [-0.4, -0.2) is 72.9 Å². The van der Waals surface area contributed by atoms with Crippen molar-refractivity contribution in [2.24, 2.45) is 0 Å². The molecule has 1 saturated heterocycles. The Morgan fingerprint density at radius 2 is 2.00 bits per heavy atom. The monoisotopic (exact) mass is 310 g/mol. The van der Waals surface area contributed by atoms with Crippen LogP contribution < -0.4 is 4.74 Å². The fraction of sp³-hybridized carbons (Fsp3) is 0.625. The highest BCUT2D eigenvalue weighted by Crippen LogP contribution is 2.19. The molecule has 1 heterocycles. The van der Waals surface area contributed by atoms with Gasteiger partial charge in [0, 0.05) is 43.2 Å².